The minimum atomic E-state index is -0.427. The van der Waals surface area contributed by atoms with Gasteiger partial charge in [0.1, 0.15) is 0 Å². The molecular weight excluding hydrogens is 268 g/mol. The second-order valence-corrected chi connectivity index (χ2v) is 4.58. The summed E-state index contributed by atoms with van der Waals surface area (Å²) in [6.07, 6.45) is 1.51. The number of nitrogens with zero attached hydrogens (tertiary/aromatic N) is 1. The molecule has 0 radical (unpaired) electrons. The number of esters is 1. The minimum Gasteiger partial charge on any atom is -0.465 e. The van der Waals surface area contributed by atoms with E-state index in [0.717, 1.165) is 5.56 Å². The zero-order valence-electron chi connectivity index (χ0n) is 11.9. The molecule has 0 atom stereocenters. The standard InChI is InChI=1S/C16H16N2O3/c1-11-3-5-12(6-4-11)15(19)18-10-14-9-13(7-8-17-14)16(20)21-2/h3-9H,10H2,1-2H3,(H,18,19). The first-order chi connectivity index (χ1) is 10.1. The van der Waals surface area contributed by atoms with Gasteiger partial charge in [-0.2, -0.15) is 0 Å². The number of hydrogen-bond donors (Lipinski definition) is 1. The number of nitrogens with one attached hydrogen (secondary N) is 1. The summed E-state index contributed by atoms with van der Waals surface area (Å²) >= 11 is 0. The zero-order chi connectivity index (χ0) is 15.2. The van der Waals surface area contributed by atoms with E-state index in [2.05, 4.69) is 15.0 Å². The molecule has 0 aliphatic rings. The van der Waals surface area contributed by atoms with Crippen LogP contribution >= 0.6 is 0 Å². The largest absolute Gasteiger partial charge is 0.465 e. The number of aryl methyl sites for hydroxylation is 1. The van der Waals surface area contributed by atoms with Gasteiger partial charge in [-0.05, 0) is 31.2 Å². The highest BCUT2D eigenvalue weighted by Gasteiger charge is 2.08. The van der Waals surface area contributed by atoms with E-state index in [4.69, 9.17) is 0 Å². The Kier molecular flexibility index (Phi) is 4.66. The van der Waals surface area contributed by atoms with Crippen LogP contribution in [0.25, 0.3) is 0 Å². The maximum Gasteiger partial charge on any atom is 0.337 e. The highest BCUT2D eigenvalue weighted by atomic mass is 16.5. The molecule has 0 saturated carbocycles. The molecule has 0 bridgehead atoms. The van der Waals surface area contributed by atoms with Crippen molar-refractivity contribution in [3.05, 3.63) is 65.0 Å². The van der Waals surface area contributed by atoms with Crippen molar-refractivity contribution in [2.45, 2.75) is 13.5 Å². The van der Waals surface area contributed by atoms with E-state index < -0.39 is 5.97 Å². The number of hydrogen-bond acceptors (Lipinski definition) is 4. The van der Waals surface area contributed by atoms with Gasteiger partial charge in [-0.3, -0.25) is 9.78 Å². The van der Waals surface area contributed by atoms with Gasteiger partial charge < -0.3 is 10.1 Å². The number of amides is 1. The van der Waals surface area contributed by atoms with Gasteiger partial charge in [0.25, 0.3) is 5.91 Å². The molecule has 1 aromatic heterocycles. The molecule has 1 heterocycles. The predicted molar refractivity (Wildman–Crippen MR) is 77.9 cm³/mol. The lowest BCUT2D eigenvalue weighted by atomic mass is 10.1. The number of ether oxygens (including phenoxy) is 1. The Labute approximate surface area is 123 Å². The van der Waals surface area contributed by atoms with Crippen LogP contribution in [0.15, 0.2) is 42.6 Å². The summed E-state index contributed by atoms with van der Waals surface area (Å²) in [6.45, 7) is 2.21. The van der Waals surface area contributed by atoms with Crippen LogP contribution in [-0.4, -0.2) is 24.0 Å². The molecule has 0 fully saturated rings. The van der Waals surface area contributed by atoms with E-state index in [1.807, 2.05) is 19.1 Å². The first kappa shape index (κ1) is 14.7. The molecule has 0 saturated heterocycles. The van der Waals surface area contributed by atoms with E-state index >= 15 is 0 Å². The number of rotatable bonds is 4. The molecule has 0 unspecified atom stereocenters. The highest BCUT2D eigenvalue weighted by Crippen LogP contribution is 2.05. The summed E-state index contributed by atoms with van der Waals surface area (Å²) in [4.78, 5) is 27.5. The van der Waals surface area contributed by atoms with Gasteiger partial charge in [-0.1, -0.05) is 17.7 Å². The van der Waals surface area contributed by atoms with Crippen LogP contribution in [0, 0.1) is 6.92 Å². The van der Waals surface area contributed by atoms with Crippen molar-refractivity contribution < 1.29 is 14.3 Å². The van der Waals surface area contributed by atoms with Crippen molar-refractivity contribution in [2.75, 3.05) is 7.11 Å². The lowest BCUT2D eigenvalue weighted by Gasteiger charge is -2.06. The van der Waals surface area contributed by atoms with Crippen LogP contribution in [0.3, 0.4) is 0 Å². The van der Waals surface area contributed by atoms with Crippen LogP contribution in [0.1, 0.15) is 32.0 Å². The van der Waals surface area contributed by atoms with Crippen LogP contribution in [0.4, 0.5) is 0 Å². The first-order valence-electron chi connectivity index (χ1n) is 6.48. The Morgan fingerprint density at radius 3 is 2.52 bits per heavy atom. The summed E-state index contributed by atoms with van der Waals surface area (Å²) in [6, 6.07) is 10.5. The molecule has 1 amide bonds. The van der Waals surface area contributed by atoms with E-state index in [-0.39, 0.29) is 12.5 Å². The van der Waals surface area contributed by atoms with Crippen molar-refractivity contribution in [3.8, 4) is 0 Å². The van der Waals surface area contributed by atoms with Gasteiger partial charge in [-0.25, -0.2) is 4.79 Å². The van der Waals surface area contributed by atoms with Crippen molar-refractivity contribution in [2.24, 2.45) is 0 Å². The maximum atomic E-state index is 12.0. The molecule has 1 aromatic carbocycles. The van der Waals surface area contributed by atoms with Gasteiger partial charge >= 0.3 is 5.97 Å². The van der Waals surface area contributed by atoms with Crippen LogP contribution in [0.2, 0.25) is 0 Å². The highest BCUT2D eigenvalue weighted by molar-refractivity contribution is 5.94. The molecule has 108 valence electrons. The minimum absolute atomic E-state index is 0.180. The molecule has 1 N–H and O–H groups in total. The lowest BCUT2D eigenvalue weighted by Crippen LogP contribution is -2.23. The van der Waals surface area contributed by atoms with Crippen molar-refractivity contribution in [1.29, 1.82) is 0 Å². The summed E-state index contributed by atoms with van der Waals surface area (Å²) in [7, 11) is 1.32. The summed E-state index contributed by atoms with van der Waals surface area (Å²) in [5.74, 6) is -0.608. The Hall–Kier alpha value is -2.69. The molecule has 5 nitrogen and oxygen atoms in total. The van der Waals surface area contributed by atoms with E-state index in [1.54, 1.807) is 24.3 Å². The predicted octanol–water partition coefficient (Wildman–Crippen LogP) is 2.11. The molecular formula is C16H16N2O3. The average molecular weight is 284 g/mol. The fourth-order valence-electron chi connectivity index (χ4n) is 1.80. The fourth-order valence-corrected chi connectivity index (χ4v) is 1.80. The lowest BCUT2D eigenvalue weighted by molar-refractivity contribution is 0.0600. The monoisotopic (exact) mass is 284 g/mol. The molecule has 0 spiro atoms. The van der Waals surface area contributed by atoms with E-state index in [0.29, 0.717) is 16.8 Å². The molecule has 21 heavy (non-hydrogen) atoms. The number of carbonyl (C=O) groups is 2. The Balaban J connectivity index is 2.01. The van der Waals surface area contributed by atoms with Crippen molar-refractivity contribution in [3.63, 3.8) is 0 Å². The Bertz CT molecular complexity index is 651. The zero-order valence-corrected chi connectivity index (χ0v) is 11.9. The second kappa shape index (κ2) is 6.65. The van der Waals surface area contributed by atoms with Gasteiger partial charge in [0.2, 0.25) is 0 Å². The first-order valence-corrected chi connectivity index (χ1v) is 6.48. The number of aromatic nitrogens is 1. The topological polar surface area (TPSA) is 68.3 Å². The number of carbonyl (C=O) groups excluding carboxylic acids is 2. The van der Waals surface area contributed by atoms with Crippen LogP contribution in [0.5, 0.6) is 0 Å². The van der Waals surface area contributed by atoms with Crippen molar-refractivity contribution >= 4 is 11.9 Å². The van der Waals surface area contributed by atoms with Crippen LogP contribution in [-0.2, 0) is 11.3 Å². The fraction of sp³-hybridized carbons (Fsp3) is 0.188. The number of pyridine rings is 1. The Morgan fingerprint density at radius 1 is 1.14 bits per heavy atom. The molecule has 2 aromatic rings. The third kappa shape index (κ3) is 3.89. The molecule has 0 aliphatic heterocycles. The van der Waals surface area contributed by atoms with Gasteiger partial charge in [0.05, 0.1) is 24.9 Å². The quantitative estimate of drug-likeness (QED) is 0.873. The normalized spacial score (nSPS) is 10.0. The van der Waals surface area contributed by atoms with E-state index in [1.165, 1.54) is 13.3 Å². The van der Waals surface area contributed by atoms with Gasteiger partial charge in [0, 0.05) is 11.8 Å². The van der Waals surface area contributed by atoms with Crippen molar-refractivity contribution in [1.82, 2.24) is 10.3 Å². The number of methoxy groups -OCH3 is 1. The van der Waals surface area contributed by atoms with E-state index in [9.17, 15) is 9.59 Å². The summed E-state index contributed by atoms with van der Waals surface area (Å²) in [5.41, 5.74) is 2.69. The molecule has 2 rings (SSSR count). The Morgan fingerprint density at radius 2 is 1.86 bits per heavy atom. The molecule has 5 heteroatoms. The van der Waals surface area contributed by atoms with Crippen LogP contribution < -0.4 is 5.32 Å². The SMILES string of the molecule is COC(=O)c1ccnc(CNC(=O)c2ccc(C)cc2)c1. The summed E-state index contributed by atoms with van der Waals surface area (Å²) < 4.78 is 4.64. The van der Waals surface area contributed by atoms with Gasteiger partial charge in [0.15, 0.2) is 0 Å². The van der Waals surface area contributed by atoms with Gasteiger partial charge in [-0.15, -0.1) is 0 Å². The average Bonchev–Trinajstić information content (AvgIpc) is 2.52. The summed E-state index contributed by atoms with van der Waals surface area (Å²) in [5, 5.41) is 2.77. The second-order valence-electron chi connectivity index (χ2n) is 4.58. The third-order valence-electron chi connectivity index (χ3n) is 2.98. The third-order valence-corrected chi connectivity index (χ3v) is 2.98. The molecule has 0 aliphatic carbocycles. The maximum absolute atomic E-state index is 12.0. The number of benzene rings is 1. The smallest absolute Gasteiger partial charge is 0.337 e.